The van der Waals surface area contributed by atoms with Gasteiger partial charge in [-0.15, -0.1) is 0 Å². The lowest BCUT2D eigenvalue weighted by Crippen LogP contribution is -2.45. The second-order valence-electron chi connectivity index (χ2n) is 8.15. The van der Waals surface area contributed by atoms with Crippen LogP contribution in [0.1, 0.15) is 35.2 Å². The third-order valence-corrected chi connectivity index (χ3v) is 6.12. The molecule has 0 radical (unpaired) electrons. The second kappa shape index (κ2) is 7.92. The fourth-order valence-corrected chi connectivity index (χ4v) is 4.65. The largest absolute Gasteiger partial charge is 0.497 e. The summed E-state index contributed by atoms with van der Waals surface area (Å²) in [5.41, 5.74) is 2.04. The summed E-state index contributed by atoms with van der Waals surface area (Å²) < 4.78 is 18.3. The van der Waals surface area contributed by atoms with Crippen molar-refractivity contribution in [2.24, 2.45) is 5.41 Å². The van der Waals surface area contributed by atoms with Crippen LogP contribution in [0.5, 0.6) is 5.75 Å². The first kappa shape index (κ1) is 18.9. The van der Waals surface area contributed by atoms with Crippen molar-refractivity contribution in [3.8, 4) is 5.75 Å². The van der Waals surface area contributed by atoms with Crippen molar-refractivity contribution in [2.75, 3.05) is 33.3 Å². The summed E-state index contributed by atoms with van der Waals surface area (Å²) in [6.45, 7) is 4.53. The van der Waals surface area contributed by atoms with E-state index in [0.717, 1.165) is 62.4 Å². The summed E-state index contributed by atoms with van der Waals surface area (Å²) >= 11 is 0. The van der Waals surface area contributed by atoms with Crippen molar-refractivity contribution in [2.45, 2.75) is 25.8 Å². The SMILES string of the molecule is COc1ccc(C(=O)N2CC[C@@]3(CCCN(Cc4ccc(F)cc4)C3)C2)cc1. The average Bonchev–Trinajstić information content (AvgIpc) is 3.12. The molecule has 2 aliphatic heterocycles. The van der Waals surface area contributed by atoms with Crippen molar-refractivity contribution >= 4 is 5.91 Å². The molecule has 28 heavy (non-hydrogen) atoms. The molecule has 0 N–H and O–H groups in total. The summed E-state index contributed by atoms with van der Waals surface area (Å²) in [5.74, 6) is 0.677. The predicted molar refractivity (Wildman–Crippen MR) is 107 cm³/mol. The molecule has 0 bridgehead atoms. The molecule has 4 nitrogen and oxygen atoms in total. The Kier molecular flexibility index (Phi) is 5.36. The Balaban J connectivity index is 1.39. The van der Waals surface area contributed by atoms with E-state index in [4.69, 9.17) is 4.74 Å². The predicted octanol–water partition coefficient (Wildman–Crippen LogP) is 3.96. The van der Waals surface area contributed by atoms with Crippen LogP contribution in [0.4, 0.5) is 4.39 Å². The lowest BCUT2D eigenvalue weighted by atomic mass is 9.79. The van der Waals surface area contributed by atoms with E-state index >= 15 is 0 Å². The maximum Gasteiger partial charge on any atom is 0.253 e. The molecule has 1 spiro atoms. The molecule has 2 heterocycles. The number of halogens is 1. The van der Waals surface area contributed by atoms with E-state index in [1.807, 2.05) is 41.3 Å². The van der Waals surface area contributed by atoms with E-state index in [-0.39, 0.29) is 17.1 Å². The minimum Gasteiger partial charge on any atom is -0.497 e. The normalized spacial score (nSPS) is 22.6. The van der Waals surface area contributed by atoms with Gasteiger partial charge in [0.2, 0.25) is 0 Å². The molecule has 0 aliphatic carbocycles. The summed E-state index contributed by atoms with van der Waals surface area (Å²) in [6.07, 6.45) is 3.36. The van der Waals surface area contributed by atoms with Gasteiger partial charge in [-0.25, -0.2) is 4.39 Å². The van der Waals surface area contributed by atoms with Crippen molar-refractivity contribution in [1.82, 2.24) is 9.80 Å². The fourth-order valence-electron chi connectivity index (χ4n) is 4.65. The smallest absolute Gasteiger partial charge is 0.253 e. The second-order valence-corrected chi connectivity index (χ2v) is 8.15. The Morgan fingerprint density at radius 2 is 1.79 bits per heavy atom. The number of methoxy groups -OCH3 is 1. The highest BCUT2D eigenvalue weighted by Gasteiger charge is 2.42. The first-order valence-corrected chi connectivity index (χ1v) is 9.97. The molecule has 1 amide bonds. The molecule has 2 aromatic rings. The van der Waals surface area contributed by atoms with Gasteiger partial charge in [0, 0.05) is 37.2 Å². The number of benzene rings is 2. The molecule has 0 saturated carbocycles. The van der Waals surface area contributed by atoms with Crippen molar-refractivity contribution in [1.29, 1.82) is 0 Å². The monoisotopic (exact) mass is 382 g/mol. The van der Waals surface area contributed by atoms with Crippen molar-refractivity contribution in [3.05, 3.63) is 65.5 Å². The number of carbonyl (C=O) groups excluding carboxylic acids is 1. The first-order chi connectivity index (χ1) is 13.6. The van der Waals surface area contributed by atoms with Gasteiger partial charge in [0.1, 0.15) is 11.6 Å². The van der Waals surface area contributed by atoms with Gasteiger partial charge in [0.05, 0.1) is 7.11 Å². The fraction of sp³-hybridized carbons (Fsp3) is 0.435. The van der Waals surface area contributed by atoms with Gasteiger partial charge >= 0.3 is 0 Å². The molecule has 5 heteroatoms. The van der Waals surface area contributed by atoms with E-state index in [1.165, 1.54) is 18.6 Å². The van der Waals surface area contributed by atoms with E-state index < -0.39 is 0 Å². The van der Waals surface area contributed by atoms with Crippen LogP contribution in [0.2, 0.25) is 0 Å². The molecule has 1 atom stereocenters. The van der Waals surface area contributed by atoms with Gasteiger partial charge in [-0.05, 0) is 67.8 Å². The van der Waals surface area contributed by atoms with Gasteiger partial charge < -0.3 is 9.64 Å². The molecule has 2 saturated heterocycles. The minimum absolute atomic E-state index is 0.107. The number of piperidine rings is 1. The molecule has 2 fully saturated rings. The average molecular weight is 382 g/mol. The molecule has 0 unspecified atom stereocenters. The minimum atomic E-state index is -0.192. The van der Waals surface area contributed by atoms with Crippen LogP contribution in [0.15, 0.2) is 48.5 Å². The number of hydrogen-bond donors (Lipinski definition) is 0. The van der Waals surface area contributed by atoms with Crippen molar-refractivity contribution < 1.29 is 13.9 Å². The highest BCUT2D eigenvalue weighted by molar-refractivity contribution is 5.94. The lowest BCUT2D eigenvalue weighted by Gasteiger charge is -2.40. The first-order valence-electron chi connectivity index (χ1n) is 9.97. The van der Waals surface area contributed by atoms with E-state index in [1.54, 1.807) is 7.11 Å². The summed E-state index contributed by atoms with van der Waals surface area (Å²) in [7, 11) is 1.63. The van der Waals surface area contributed by atoms with E-state index in [9.17, 15) is 9.18 Å². The molecule has 2 aliphatic rings. The molecule has 4 rings (SSSR count). The zero-order valence-corrected chi connectivity index (χ0v) is 16.4. The van der Waals surface area contributed by atoms with Crippen LogP contribution in [0.25, 0.3) is 0 Å². The van der Waals surface area contributed by atoms with Gasteiger partial charge in [-0.3, -0.25) is 9.69 Å². The van der Waals surface area contributed by atoms with Gasteiger partial charge in [-0.2, -0.15) is 0 Å². The van der Waals surface area contributed by atoms with E-state index in [2.05, 4.69) is 4.90 Å². The lowest BCUT2D eigenvalue weighted by molar-refractivity contribution is 0.0675. The van der Waals surface area contributed by atoms with Gasteiger partial charge in [0.25, 0.3) is 5.91 Å². The van der Waals surface area contributed by atoms with Crippen LogP contribution >= 0.6 is 0 Å². The highest BCUT2D eigenvalue weighted by Crippen LogP contribution is 2.39. The molecule has 148 valence electrons. The Morgan fingerprint density at radius 1 is 1.04 bits per heavy atom. The highest BCUT2D eigenvalue weighted by atomic mass is 19.1. The summed E-state index contributed by atoms with van der Waals surface area (Å²) in [6, 6.07) is 14.1. The molecule has 2 aromatic carbocycles. The van der Waals surface area contributed by atoms with Crippen LogP contribution in [0.3, 0.4) is 0 Å². The maximum absolute atomic E-state index is 13.1. The quantitative estimate of drug-likeness (QED) is 0.802. The number of nitrogens with zero attached hydrogens (tertiary/aromatic N) is 2. The number of ether oxygens (including phenoxy) is 1. The van der Waals surface area contributed by atoms with Crippen LogP contribution in [-0.4, -0.2) is 49.0 Å². The zero-order valence-electron chi connectivity index (χ0n) is 16.4. The van der Waals surface area contributed by atoms with Gasteiger partial charge in [-0.1, -0.05) is 12.1 Å². The Labute approximate surface area is 165 Å². The number of carbonyl (C=O) groups is 1. The van der Waals surface area contributed by atoms with Crippen LogP contribution in [0, 0.1) is 11.2 Å². The third kappa shape index (κ3) is 4.04. The third-order valence-electron chi connectivity index (χ3n) is 6.12. The van der Waals surface area contributed by atoms with Gasteiger partial charge in [0.15, 0.2) is 0 Å². The topological polar surface area (TPSA) is 32.8 Å². The number of likely N-dealkylation sites (tertiary alicyclic amines) is 2. The number of rotatable bonds is 4. The Bertz CT molecular complexity index is 822. The molecular weight excluding hydrogens is 355 g/mol. The van der Waals surface area contributed by atoms with Crippen molar-refractivity contribution in [3.63, 3.8) is 0 Å². The maximum atomic E-state index is 13.1. The molecular formula is C23H27FN2O2. The summed E-state index contributed by atoms with van der Waals surface area (Å²) in [4.78, 5) is 17.4. The summed E-state index contributed by atoms with van der Waals surface area (Å²) in [5, 5.41) is 0. The standard InChI is InChI=1S/C23H27FN2O2/c1-28-21-9-5-19(6-10-21)22(27)26-14-12-23(17-26)11-2-13-25(16-23)15-18-3-7-20(24)8-4-18/h3-10H,2,11-17H2,1H3/t23-/m1/s1. The van der Waals surface area contributed by atoms with Crippen LogP contribution in [-0.2, 0) is 6.54 Å². The number of amides is 1. The Hall–Kier alpha value is -2.40. The number of hydrogen-bond acceptors (Lipinski definition) is 3. The zero-order chi connectivity index (χ0) is 19.6. The Morgan fingerprint density at radius 3 is 2.50 bits per heavy atom. The molecule has 0 aromatic heterocycles. The van der Waals surface area contributed by atoms with Crippen LogP contribution < -0.4 is 4.74 Å². The van der Waals surface area contributed by atoms with E-state index in [0.29, 0.717) is 0 Å².